The predicted octanol–water partition coefficient (Wildman–Crippen LogP) is 1.56. The molecule has 2 aliphatic heterocycles. The second-order valence-electron chi connectivity index (χ2n) is 5.44. The highest BCUT2D eigenvalue weighted by molar-refractivity contribution is 8.01. The third kappa shape index (κ3) is 2.25. The van der Waals surface area contributed by atoms with Crippen LogP contribution < -0.4 is 0 Å². The van der Waals surface area contributed by atoms with Gasteiger partial charge in [-0.25, -0.2) is 0 Å². The van der Waals surface area contributed by atoms with Crippen molar-refractivity contribution in [3.05, 3.63) is 0 Å². The molecule has 4 nitrogen and oxygen atoms in total. The molecule has 2 saturated heterocycles. The lowest BCUT2D eigenvalue weighted by atomic mass is 10.0. The van der Waals surface area contributed by atoms with Crippen molar-refractivity contribution < 1.29 is 9.59 Å². The van der Waals surface area contributed by atoms with E-state index < -0.39 is 0 Å². The minimum atomic E-state index is -0.106. The normalized spacial score (nSPS) is 21.6. The molecule has 2 rings (SSSR count). The summed E-state index contributed by atoms with van der Waals surface area (Å²) in [7, 11) is 0. The summed E-state index contributed by atoms with van der Waals surface area (Å²) in [5, 5.41) is 0. The molecule has 0 aromatic rings. The van der Waals surface area contributed by atoms with Gasteiger partial charge in [0.1, 0.15) is 4.87 Å². The van der Waals surface area contributed by atoms with E-state index in [9.17, 15) is 9.59 Å². The first kappa shape index (κ1) is 13.7. The number of amides is 2. The molecule has 2 aliphatic rings. The van der Waals surface area contributed by atoms with Gasteiger partial charge in [-0.05, 0) is 6.42 Å². The van der Waals surface area contributed by atoms with Gasteiger partial charge in [0.15, 0.2) is 0 Å². The van der Waals surface area contributed by atoms with Gasteiger partial charge in [0.25, 0.3) is 0 Å². The van der Waals surface area contributed by atoms with Gasteiger partial charge in [-0.2, -0.15) is 0 Å². The van der Waals surface area contributed by atoms with Crippen LogP contribution in [0.15, 0.2) is 0 Å². The maximum absolute atomic E-state index is 12.2. The number of hydrogen-bond donors (Lipinski definition) is 0. The standard InChI is InChI=1S/C13H22N2O2S/c1-4-5-11(16)14-8-13(9-14)15(6-7-18-13)12(17)10(2)3/h10H,4-9H2,1-3H3. The number of likely N-dealkylation sites (tertiary alicyclic amines) is 1. The van der Waals surface area contributed by atoms with E-state index in [1.807, 2.05) is 42.3 Å². The summed E-state index contributed by atoms with van der Waals surface area (Å²) in [5.41, 5.74) is 0. The van der Waals surface area contributed by atoms with E-state index in [1.54, 1.807) is 0 Å². The van der Waals surface area contributed by atoms with E-state index in [0.717, 1.165) is 31.8 Å². The van der Waals surface area contributed by atoms with Crippen LogP contribution in [0.25, 0.3) is 0 Å². The van der Waals surface area contributed by atoms with E-state index in [2.05, 4.69) is 0 Å². The molecule has 0 unspecified atom stereocenters. The number of nitrogens with zero attached hydrogens (tertiary/aromatic N) is 2. The van der Waals surface area contributed by atoms with E-state index in [4.69, 9.17) is 0 Å². The third-order valence-corrected chi connectivity index (χ3v) is 5.03. The van der Waals surface area contributed by atoms with Crippen molar-refractivity contribution in [3.63, 3.8) is 0 Å². The Bertz CT molecular complexity index is 351. The third-order valence-electron chi connectivity index (χ3n) is 3.63. The first-order chi connectivity index (χ1) is 8.50. The molecule has 2 fully saturated rings. The lowest BCUT2D eigenvalue weighted by Gasteiger charge is -2.52. The van der Waals surface area contributed by atoms with Crippen LogP contribution in [0.1, 0.15) is 33.6 Å². The van der Waals surface area contributed by atoms with Gasteiger partial charge in [-0.3, -0.25) is 9.59 Å². The molecule has 0 saturated carbocycles. The first-order valence-electron chi connectivity index (χ1n) is 6.73. The van der Waals surface area contributed by atoms with E-state index >= 15 is 0 Å². The van der Waals surface area contributed by atoms with Crippen LogP contribution in [0.3, 0.4) is 0 Å². The quantitative estimate of drug-likeness (QED) is 0.781. The zero-order valence-corrected chi connectivity index (χ0v) is 12.3. The zero-order chi connectivity index (χ0) is 13.3. The fourth-order valence-corrected chi connectivity index (χ4v) is 4.08. The lowest BCUT2D eigenvalue weighted by Crippen LogP contribution is -2.68. The molecule has 18 heavy (non-hydrogen) atoms. The maximum atomic E-state index is 12.2. The first-order valence-corrected chi connectivity index (χ1v) is 7.72. The molecule has 2 heterocycles. The fraction of sp³-hybridized carbons (Fsp3) is 0.846. The van der Waals surface area contributed by atoms with Crippen LogP contribution in [0, 0.1) is 5.92 Å². The second kappa shape index (κ2) is 5.11. The molecule has 0 atom stereocenters. The number of hydrogen-bond acceptors (Lipinski definition) is 3. The van der Waals surface area contributed by atoms with Crippen molar-refractivity contribution in [2.75, 3.05) is 25.4 Å². The van der Waals surface area contributed by atoms with Crippen LogP contribution in [0.5, 0.6) is 0 Å². The van der Waals surface area contributed by atoms with Gasteiger partial charge in [0.05, 0.1) is 13.1 Å². The van der Waals surface area contributed by atoms with Gasteiger partial charge >= 0.3 is 0 Å². The second-order valence-corrected chi connectivity index (χ2v) is 6.90. The highest BCUT2D eigenvalue weighted by Gasteiger charge is 2.54. The van der Waals surface area contributed by atoms with Crippen LogP contribution in [0.4, 0.5) is 0 Å². The molecule has 0 bridgehead atoms. The summed E-state index contributed by atoms with van der Waals surface area (Å²) in [6.45, 7) is 8.17. The Morgan fingerprint density at radius 3 is 2.56 bits per heavy atom. The van der Waals surface area contributed by atoms with Crippen molar-refractivity contribution in [1.82, 2.24) is 9.80 Å². The minimum Gasteiger partial charge on any atom is -0.336 e. The van der Waals surface area contributed by atoms with Gasteiger partial charge in [0, 0.05) is 24.6 Å². The van der Waals surface area contributed by atoms with E-state index in [0.29, 0.717) is 6.42 Å². The highest BCUT2D eigenvalue weighted by atomic mass is 32.2. The Morgan fingerprint density at radius 2 is 2.00 bits per heavy atom. The molecule has 0 aliphatic carbocycles. The average Bonchev–Trinajstić information content (AvgIpc) is 2.70. The topological polar surface area (TPSA) is 40.6 Å². The number of carbonyl (C=O) groups excluding carboxylic acids is 2. The van der Waals surface area contributed by atoms with Gasteiger partial charge in [-0.15, -0.1) is 11.8 Å². The predicted molar refractivity (Wildman–Crippen MR) is 73.2 cm³/mol. The van der Waals surface area contributed by atoms with Crippen molar-refractivity contribution in [2.24, 2.45) is 5.92 Å². The molecule has 0 aromatic carbocycles. The fourth-order valence-electron chi connectivity index (χ4n) is 2.59. The molecule has 0 N–H and O–H groups in total. The van der Waals surface area contributed by atoms with Gasteiger partial charge < -0.3 is 9.80 Å². The van der Waals surface area contributed by atoms with Crippen molar-refractivity contribution in [1.29, 1.82) is 0 Å². The summed E-state index contributed by atoms with van der Waals surface area (Å²) in [6, 6.07) is 0. The van der Waals surface area contributed by atoms with Crippen molar-refractivity contribution >= 4 is 23.6 Å². The Hall–Kier alpha value is -0.710. The van der Waals surface area contributed by atoms with Crippen LogP contribution in [-0.4, -0.2) is 51.9 Å². The number of thioether (sulfide) groups is 1. The Morgan fingerprint density at radius 1 is 1.33 bits per heavy atom. The minimum absolute atomic E-state index is 0.0426. The Labute approximate surface area is 113 Å². The van der Waals surface area contributed by atoms with Crippen LogP contribution in [0.2, 0.25) is 0 Å². The monoisotopic (exact) mass is 270 g/mol. The Kier molecular flexibility index (Phi) is 3.90. The molecule has 0 aromatic heterocycles. The van der Waals surface area contributed by atoms with Crippen LogP contribution >= 0.6 is 11.8 Å². The summed E-state index contributed by atoms with van der Waals surface area (Å²) >= 11 is 1.84. The highest BCUT2D eigenvalue weighted by Crippen LogP contribution is 2.43. The van der Waals surface area contributed by atoms with E-state index in [1.165, 1.54) is 0 Å². The smallest absolute Gasteiger partial charge is 0.226 e. The maximum Gasteiger partial charge on any atom is 0.226 e. The molecule has 0 radical (unpaired) electrons. The molecular formula is C13H22N2O2S. The molecule has 1 spiro atoms. The number of rotatable bonds is 3. The van der Waals surface area contributed by atoms with Gasteiger partial charge in [0.2, 0.25) is 11.8 Å². The van der Waals surface area contributed by atoms with Crippen LogP contribution in [-0.2, 0) is 9.59 Å². The summed E-state index contributed by atoms with van der Waals surface area (Å²) in [5.74, 6) is 1.49. The average molecular weight is 270 g/mol. The lowest BCUT2D eigenvalue weighted by molar-refractivity contribution is -0.149. The molecule has 2 amide bonds. The van der Waals surface area contributed by atoms with Gasteiger partial charge in [-0.1, -0.05) is 20.8 Å². The molecular weight excluding hydrogens is 248 g/mol. The number of carbonyl (C=O) groups is 2. The van der Waals surface area contributed by atoms with Crippen molar-refractivity contribution in [3.8, 4) is 0 Å². The van der Waals surface area contributed by atoms with Crippen molar-refractivity contribution in [2.45, 2.75) is 38.5 Å². The zero-order valence-electron chi connectivity index (χ0n) is 11.4. The summed E-state index contributed by atoms with van der Waals surface area (Å²) in [4.78, 5) is 27.7. The molecule has 102 valence electrons. The largest absolute Gasteiger partial charge is 0.336 e. The molecule has 5 heteroatoms. The SMILES string of the molecule is CCCC(=O)N1CC2(C1)SCCN2C(=O)C(C)C. The summed E-state index contributed by atoms with van der Waals surface area (Å²) < 4.78 is 0. The summed E-state index contributed by atoms with van der Waals surface area (Å²) in [6.07, 6.45) is 1.52. The van der Waals surface area contributed by atoms with E-state index in [-0.39, 0.29) is 22.6 Å². The Balaban J connectivity index is 1.98.